The van der Waals surface area contributed by atoms with Gasteiger partial charge in [-0.2, -0.15) is 0 Å². The van der Waals surface area contributed by atoms with Crippen molar-refractivity contribution in [2.75, 3.05) is 38.1 Å². The summed E-state index contributed by atoms with van der Waals surface area (Å²) < 4.78 is 13.1. The molecule has 0 spiro atoms. The van der Waals surface area contributed by atoms with Crippen LogP contribution in [-0.4, -0.2) is 49.0 Å². The maximum Gasteiger partial charge on any atom is 0.224 e. The van der Waals surface area contributed by atoms with Gasteiger partial charge in [0.15, 0.2) is 0 Å². The molecule has 132 valence electrons. The van der Waals surface area contributed by atoms with Gasteiger partial charge in [-0.1, -0.05) is 18.2 Å². The van der Waals surface area contributed by atoms with Gasteiger partial charge in [0.2, 0.25) is 5.91 Å². The van der Waals surface area contributed by atoms with Crippen molar-refractivity contribution in [2.45, 2.75) is 13.0 Å². The highest BCUT2D eigenvalue weighted by atomic mass is 19.1. The number of carbonyl (C=O) groups is 1. The number of carbonyl (C=O) groups excluding carboxylic acids is 1. The van der Waals surface area contributed by atoms with Crippen LogP contribution in [0.3, 0.4) is 0 Å². The van der Waals surface area contributed by atoms with Gasteiger partial charge in [0.25, 0.3) is 0 Å². The number of likely N-dealkylation sites (N-methyl/N-ethyl adjacent to an activating group) is 1. The SMILES string of the molecule is CN1CCN(c2ccc(CNC(=O)Cc3cccc(F)c3)cn2)CC1. The Hall–Kier alpha value is -2.47. The number of amides is 1. The van der Waals surface area contributed by atoms with Gasteiger partial charge < -0.3 is 15.1 Å². The molecule has 1 aromatic heterocycles. The van der Waals surface area contributed by atoms with E-state index in [1.165, 1.54) is 12.1 Å². The van der Waals surface area contributed by atoms with E-state index in [1.807, 2.05) is 12.1 Å². The summed E-state index contributed by atoms with van der Waals surface area (Å²) in [5.41, 5.74) is 1.62. The minimum absolute atomic E-state index is 0.131. The number of hydrogen-bond acceptors (Lipinski definition) is 4. The minimum atomic E-state index is -0.325. The average Bonchev–Trinajstić information content (AvgIpc) is 2.61. The molecule has 2 aromatic rings. The molecule has 0 radical (unpaired) electrons. The number of aromatic nitrogens is 1. The molecule has 1 aliphatic heterocycles. The van der Waals surface area contributed by atoms with Crippen molar-refractivity contribution < 1.29 is 9.18 Å². The normalized spacial score (nSPS) is 15.2. The minimum Gasteiger partial charge on any atom is -0.354 e. The molecule has 0 saturated carbocycles. The van der Waals surface area contributed by atoms with Gasteiger partial charge in [0.1, 0.15) is 11.6 Å². The summed E-state index contributed by atoms with van der Waals surface area (Å²) >= 11 is 0. The second-order valence-electron chi connectivity index (χ2n) is 6.40. The molecule has 5 nitrogen and oxygen atoms in total. The standard InChI is InChI=1S/C19H23FN4O/c1-23-7-9-24(10-8-23)18-6-5-16(13-21-18)14-22-19(25)12-15-3-2-4-17(20)11-15/h2-6,11,13H,7-10,12,14H2,1H3,(H,22,25). The van der Waals surface area contributed by atoms with Crippen LogP contribution in [0.4, 0.5) is 10.2 Å². The summed E-state index contributed by atoms with van der Waals surface area (Å²) in [7, 11) is 2.13. The number of hydrogen-bond donors (Lipinski definition) is 1. The molecular weight excluding hydrogens is 319 g/mol. The molecule has 1 amide bonds. The number of nitrogens with one attached hydrogen (secondary N) is 1. The van der Waals surface area contributed by atoms with Crippen molar-refractivity contribution in [3.05, 3.63) is 59.5 Å². The fraction of sp³-hybridized carbons (Fsp3) is 0.368. The number of rotatable bonds is 5. The van der Waals surface area contributed by atoms with Gasteiger partial charge in [-0.15, -0.1) is 0 Å². The van der Waals surface area contributed by atoms with E-state index in [0.717, 1.165) is 37.6 Å². The third kappa shape index (κ3) is 5.00. The van der Waals surface area contributed by atoms with Gasteiger partial charge in [-0.05, 0) is 36.4 Å². The largest absolute Gasteiger partial charge is 0.354 e. The summed E-state index contributed by atoms with van der Waals surface area (Å²) in [5, 5.41) is 2.85. The van der Waals surface area contributed by atoms with E-state index in [9.17, 15) is 9.18 Å². The first kappa shape index (κ1) is 17.4. The van der Waals surface area contributed by atoms with Crippen LogP contribution in [-0.2, 0) is 17.8 Å². The predicted molar refractivity (Wildman–Crippen MR) is 95.9 cm³/mol. The number of anilines is 1. The molecule has 25 heavy (non-hydrogen) atoms. The monoisotopic (exact) mass is 342 g/mol. The molecular formula is C19H23FN4O. The average molecular weight is 342 g/mol. The van der Waals surface area contributed by atoms with Gasteiger partial charge in [0.05, 0.1) is 6.42 Å². The fourth-order valence-electron chi connectivity index (χ4n) is 2.84. The molecule has 6 heteroatoms. The summed E-state index contributed by atoms with van der Waals surface area (Å²) in [4.78, 5) is 21.1. The zero-order chi connectivity index (χ0) is 17.6. The first-order chi connectivity index (χ1) is 12.1. The van der Waals surface area contributed by atoms with Crippen LogP contribution < -0.4 is 10.2 Å². The Bertz CT molecular complexity index is 712. The Morgan fingerprint density at radius 1 is 1.16 bits per heavy atom. The summed E-state index contributed by atoms with van der Waals surface area (Å²) in [6, 6.07) is 10.1. The Morgan fingerprint density at radius 3 is 2.64 bits per heavy atom. The maximum atomic E-state index is 13.1. The lowest BCUT2D eigenvalue weighted by atomic mass is 10.1. The molecule has 0 aliphatic carbocycles. The highest BCUT2D eigenvalue weighted by Crippen LogP contribution is 2.13. The lowest BCUT2D eigenvalue weighted by Gasteiger charge is -2.33. The fourth-order valence-corrected chi connectivity index (χ4v) is 2.84. The highest BCUT2D eigenvalue weighted by molar-refractivity contribution is 5.78. The van der Waals surface area contributed by atoms with E-state index >= 15 is 0 Å². The molecule has 0 unspecified atom stereocenters. The van der Waals surface area contributed by atoms with Gasteiger partial charge in [0, 0.05) is 38.9 Å². The second kappa shape index (κ2) is 8.07. The van der Waals surface area contributed by atoms with E-state index in [1.54, 1.807) is 18.3 Å². The van der Waals surface area contributed by atoms with Gasteiger partial charge in [-0.3, -0.25) is 4.79 Å². The third-order valence-corrected chi connectivity index (χ3v) is 4.38. The lowest BCUT2D eigenvalue weighted by Crippen LogP contribution is -2.44. The Kier molecular flexibility index (Phi) is 5.60. The Labute approximate surface area is 147 Å². The van der Waals surface area contributed by atoms with E-state index in [-0.39, 0.29) is 18.1 Å². The van der Waals surface area contributed by atoms with E-state index in [4.69, 9.17) is 0 Å². The molecule has 3 rings (SSSR count). The predicted octanol–water partition coefficient (Wildman–Crippen LogP) is 1.83. The number of pyridine rings is 1. The summed E-state index contributed by atoms with van der Waals surface area (Å²) in [6.07, 6.45) is 1.97. The molecule has 0 atom stereocenters. The number of piperazine rings is 1. The first-order valence-corrected chi connectivity index (χ1v) is 8.50. The number of halogens is 1. The maximum absolute atomic E-state index is 13.1. The van der Waals surface area contributed by atoms with Crippen molar-refractivity contribution in [1.29, 1.82) is 0 Å². The van der Waals surface area contributed by atoms with Crippen LogP contribution in [0.25, 0.3) is 0 Å². The Balaban J connectivity index is 1.49. The molecule has 1 fully saturated rings. The van der Waals surface area contributed by atoms with Crippen molar-refractivity contribution in [3.8, 4) is 0 Å². The molecule has 0 bridgehead atoms. The van der Waals surface area contributed by atoms with Gasteiger partial charge in [-0.25, -0.2) is 9.37 Å². The molecule has 1 saturated heterocycles. The molecule has 2 heterocycles. The van der Waals surface area contributed by atoms with Crippen molar-refractivity contribution in [3.63, 3.8) is 0 Å². The number of benzene rings is 1. The van der Waals surface area contributed by atoms with Crippen LogP contribution >= 0.6 is 0 Å². The zero-order valence-electron chi connectivity index (χ0n) is 14.4. The summed E-state index contributed by atoms with van der Waals surface area (Å²) in [5.74, 6) is 0.519. The molecule has 1 aromatic carbocycles. The van der Waals surface area contributed by atoms with Crippen molar-refractivity contribution >= 4 is 11.7 Å². The summed E-state index contributed by atoms with van der Waals surface area (Å²) in [6.45, 7) is 4.46. The topological polar surface area (TPSA) is 48.5 Å². The smallest absolute Gasteiger partial charge is 0.224 e. The van der Waals surface area contributed by atoms with Gasteiger partial charge >= 0.3 is 0 Å². The zero-order valence-corrected chi connectivity index (χ0v) is 14.4. The quantitative estimate of drug-likeness (QED) is 0.901. The third-order valence-electron chi connectivity index (χ3n) is 4.38. The van der Waals surface area contributed by atoms with Crippen LogP contribution in [0.2, 0.25) is 0 Å². The number of nitrogens with zero attached hydrogens (tertiary/aromatic N) is 3. The Morgan fingerprint density at radius 2 is 1.96 bits per heavy atom. The van der Waals surface area contributed by atoms with E-state index in [2.05, 4.69) is 27.1 Å². The lowest BCUT2D eigenvalue weighted by molar-refractivity contribution is -0.120. The van der Waals surface area contributed by atoms with Crippen molar-refractivity contribution in [1.82, 2.24) is 15.2 Å². The van der Waals surface area contributed by atoms with Crippen LogP contribution in [0.15, 0.2) is 42.6 Å². The second-order valence-corrected chi connectivity index (χ2v) is 6.40. The van der Waals surface area contributed by atoms with E-state index < -0.39 is 0 Å². The van der Waals surface area contributed by atoms with Crippen LogP contribution in [0.5, 0.6) is 0 Å². The molecule has 1 aliphatic rings. The first-order valence-electron chi connectivity index (χ1n) is 8.50. The van der Waals surface area contributed by atoms with Crippen molar-refractivity contribution in [2.24, 2.45) is 0 Å². The van der Waals surface area contributed by atoms with Crippen LogP contribution in [0.1, 0.15) is 11.1 Å². The highest BCUT2D eigenvalue weighted by Gasteiger charge is 2.15. The van der Waals surface area contributed by atoms with E-state index in [0.29, 0.717) is 12.1 Å². The van der Waals surface area contributed by atoms with Crippen LogP contribution in [0, 0.1) is 5.82 Å². The molecule has 1 N–H and O–H groups in total.